The highest BCUT2D eigenvalue weighted by Crippen LogP contribution is 2.25. The van der Waals surface area contributed by atoms with Crippen molar-refractivity contribution in [1.82, 2.24) is 20.0 Å². The van der Waals surface area contributed by atoms with Crippen LogP contribution in [0.3, 0.4) is 0 Å². The molecule has 0 radical (unpaired) electrons. The second-order valence-corrected chi connectivity index (χ2v) is 6.67. The maximum absolute atomic E-state index is 6.36. The number of halogens is 1. The first-order valence-corrected chi connectivity index (χ1v) is 7.99. The zero-order chi connectivity index (χ0) is 14.7. The van der Waals surface area contributed by atoms with Crippen LogP contribution in [0.15, 0.2) is 0 Å². The van der Waals surface area contributed by atoms with E-state index < -0.39 is 0 Å². The fourth-order valence-electron chi connectivity index (χ4n) is 2.92. The molecule has 0 aliphatic carbocycles. The van der Waals surface area contributed by atoms with Crippen LogP contribution in [0.1, 0.15) is 38.1 Å². The molecular weight excluding hydrogens is 272 g/mol. The number of rotatable bonds is 6. The van der Waals surface area contributed by atoms with Crippen LogP contribution in [0.25, 0.3) is 0 Å². The summed E-state index contributed by atoms with van der Waals surface area (Å²) in [7, 11) is 1.98. The SMILES string of the molecule is Cc1nn(C)c(CN2CCCC2CNCC(C)C)c1Cl. The van der Waals surface area contributed by atoms with Crippen LogP contribution in [0.4, 0.5) is 0 Å². The van der Waals surface area contributed by atoms with Gasteiger partial charge in [-0.1, -0.05) is 25.4 Å². The van der Waals surface area contributed by atoms with Crippen LogP contribution in [0.2, 0.25) is 5.02 Å². The van der Waals surface area contributed by atoms with Crippen molar-refractivity contribution >= 4 is 11.6 Å². The van der Waals surface area contributed by atoms with Gasteiger partial charge in [0.15, 0.2) is 0 Å². The van der Waals surface area contributed by atoms with E-state index in [-0.39, 0.29) is 0 Å². The van der Waals surface area contributed by atoms with Crippen molar-refractivity contribution in [2.45, 2.75) is 46.2 Å². The van der Waals surface area contributed by atoms with Crippen LogP contribution < -0.4 is 5.32 Å². The van der Waals surface area contributed by atoms with Gasteiger partial charge in [-0.2, -0.15) is 5.10 Å². The number of likely N-dealkylation sites (tertiary alicyclic amines) is 1. The third kappa shape index (κ3) is 3.74. The van der Waals surface area contributed by atoms with Gasteiger partial charge >= 0.3 is 0 Å². The lowest BCUT2D eigenvalue weighted by Gasteiger charge is -2.25. The van der Waals surface area contributed by atoms with Crippen molar-refractivity contribution in [2.24, 2.45) is 13.0 Å². The van der Waals surface area contributed by atoms with E-state index in [1.807, 2.05) is 18.7 Å². The number of nitrogens with one attached hydrogen (secondary N) is 1. The average molecular weight is 299 g/mol. The van der Waals surface area contributed by atoms with Gasteiger partial charge in [0.05, 0.1) is 16.4 Å². The Hall–Kier alpha value is -0.580. The molecule has 1 saturated heterocycles. The lowest BCUT2D eigenvalue weighted by atomic mass is 10.2. The van der Waals surface area contributed by atoms with Crippen molar-refractivity contribution in [1.29, 1.82) is 0 Å². The molecule has 1 unspecified atom stereocenters. The molecule has 20 heavy (non-hydrogen) atoms. The Bertz CT molecular complexity index is 441. The van der Waals surface area contributed by atoms with Gasteiger partial charge < -0.3 is 5.32 Å². The molecule has 0 bridgehead atoms. The molecule has 1 aromatic heterocycles. The molecule has 114 valence electrons. The van der Waals surface area contributed by atoms with Crippen molar-refractivity contribution in [3.8, 4) is 0 Å². The number of aromatic nitrogens is 2. The third-order valence-electron chi connectivity index (χ3n) is 4.05. The molecule has 2 heterocycles. The highest BCUT2D eigenvalue weighted by molar-refractivity contribution is 6.31. The van der Waals surface area contributed by atoms with E-state index in [1.165, 1.54) is 12.8 Å². The molecule has 0 spiro atoms. The monoisotopic (exact) mass is 298 g/mol. The minimum absolute atomic E-state index is 0.625. The van der Waals surface area contributed by atoms with Crippen molar-refractivity contribution in [3.63, 3.8) is 0 Å². The maximum atomic E-state index is 6.36. The summed E-state index contributed by atoms with van der Waals surface area (Å²) >= 11 is 6.36. The van der Waals surface area contributed by atoms with E-state index in [9.17, 15) is 0 Å². The summed E-state index contributed by atoms with van der Waals surface area (Å²) in [5.41, 5.74) is 2.07. The van der Waals surface area contributed by atoms with Gasteiger partial charge in [-0.15, -0.1) is 0 Å². The molecule has 0 aromatic carbocycles. The zero-order valence-electron chi connectivity index (χ0n) is 13.1. The van der Waals surface area contributed by atoms with E-state index in [4.69, 9.17) is 11.6 Å². The Kier molecular flexibility index (Phi) is 5.47. The minimum Gasteiger partial charge on any atom is -0.315 e. The highest BCUT2D eigenvalue weighted by Gasteiger charge is 2.26. The van der Waals surface area contributed by atoms with Crippen LogP contribution in [0.5, 0.6) is 0 Å². The van der Waals surface area contributed by atoms with Crippen LogP contribution in [-0.4, -0.2) is 40.4 Å². The fraction of sp³-hybridized carbons (Fsp3) is 0.800. The van der Waals surface area contributed by atoms with Crippen molar-refractivity contribution < 1.29 is 0 Å². The van der Waals surface area contributed by atoms with Gasteiger partial charge in [-0.25, -0.2) is 0 Å². The van der Waals surface area contributed by atoms with E-state index in [0.29, 0.717) is 12.0 Å². The third-order valence-corrected chi connectivity index (χ3v) is 4.54. The summed E-state index contributed by atoms with van der Waals surface area (Å²) in [4.78, 5) is 2.54. The van der Waals surface area contributed by atoms with E-state index in [0.717, 1.165) is 42.6 Å². The Balaban J connectivity index is 1.94. The lowest BCUT2D eigenvalue weighted by Crippen LogP contribution is -2.39. The molecule has 2 rings (SSSR count). The van der Waals surface area contributed by atoms with Gasteiger partial charge in [0.1, 0.15) is 0 Å². The van der Waals surface area contributed by atoms with E-state index in [2.05, 4.69) is 29.2 Å². The lowest BCUT2D eigenvalue weighted by molar-refractivity contribution is 0.232. The Labute approximate surface area is 127 Å². The topological polar surface area (TPSA) is 33.1 Å². The zero-order valence-corrected chi connectivity index (χ0v) is 13.9. The molecule has 1 atom stereocenters. The molecular formula is C15H27ClN4. The second-order valence-electron chi connectivity index (χ2n) is 6.29. The minimum atomic E-state index is 0.625. The molecule has 4 nitrogen and oxygen atoms in total. The maximum Gasteiger partial charge on any atom is 0.0860 e. The summed E-state index contributed by atoms with van der Waals surface area (Å²) in [6, 6.07) is 0.625. The van der Waals surface area contributed by atoms with Gasteiger partial charge in [0.2, 0.25) is 0 Å². The molecule has 1 aliphatic heterocycles. The highest BCUT2D eigenvalue weighted by atomic mass is 35.5. The van der Waals surface area contributed by atoms with Crippen LogP contribution in [0, 0.1) is 12.8 Å². The number of nitrogens with zero attached hydrogens (tertiary/aromatic N) is 3. The largest absolute Gasteiger partial charge is 0.315 e. The molecule has 1 fully saturated rings. The summed E-state index contributed by atoms with van der Waals surface area (Å²) < 4.78 is 1.93. The number of hydrogen-bond donors (Lipinski definition) is 1. The molecule has 1 aliphatic rings. The van der Waals surface area contributed by atoms with Crippen molar-refractivity contribution in [3.05, 3.63) is 16.4 Å². The average Bonchev–Trinajstić information content (AvgIpc) is 2.90. The Morgan fingerprint density at radius 1 is 1.45 bits per heavy atom. The van der Waals surface area contributed by atoms with Crippen molar-refractivity contribution in [2.75, 3.05) is 19.6 Å². The first kappa shape index (κ1) is 15.8. The van der Waals surface area contributed by atoms with Gasteiger partial charge in [0, 0.05) is 26.2 Å². The van der Waals surface area contributed by atoms with Gasteiger partial charge in [0.25, 0.3) is 0 Å². The first-order valence-electron chi connectivity index (χ1n) is 7.61. The molecule has 0 amide bonds. The quantitative estimate of drug-likeness (QED) is 0.876. The smallest absolute Gasteiger partial charge is 0.0860 e. The summed E-state index contributed by atoms with van der Waals surface area (Å²) in [5, 5.41) is 8.81. The Morgan fingerprint density at radius 3 is 2.80 bits per heavy atom. The fourth-order valence-corrected chi connectivity index (χ4v) is 3.14. The van der Waals surface area contributed by atoms with Gasteiger partial charge in [-0.05, 0) is 38.8 Å². The predicted molar refractivity (Wildman–Crippen MR) is 84.1 cm³/mol. The number of hydrogen-bond acceptors (Lipinski definition) is 3. The van der Waals surface area contributed by atoms with E-state index >= 15 is 0 Å². The summed E-state index contributed by atoms with van der Waals surface area (Å²) in [6.07, 6.45) is 2.56. The summed E-state index contributed by atoms with van der Waals surface area (Å²) in [5.74, 6) is 0.707. The predicted octanol–water partition coefficient (Wildman–Crippen LogP) is 2.59. The molecule has 1 N–H and O–H groups in total. The standard InChI is InChI=1S/C15H27ClN4/c1-11(2)8-17-9-13-6-5-7-20(13)10-14-15(16)12(3)18-19(14)4/h11,13,17H,5-10H2,1-4H3. The van der Waals surface area contributed by atoms with Crippen LogP contribution in [-0.2, 0) is 13.6 Å². The van der Waals surface area contributed by atoms with E-state index in [1.54, 1.807) is 0 Å². The second kappa shape index (κ2) is 6.92. The van der Waals surface area contributed by atoms with Gasteiger partial charge in [-0.3, -0.25) is 9.58 Å². The van der Waals surface area contributed by atoms with Crippen LogP contribution >= 0.6 is 11.6 Å². The summed E-state index contributed by atoms with van der Waals surface area (Å²) in [6.45, 7) is 10.7. The first-order chi connectivity index (χ1) is 9.49. The molecule has 1 aromatic rings. The molecule has 5 heteroatoms. The molecule has 0 saturated carbocycles. The normalized spacial score (nSPS) is 20.2. The number of aryl methyl sites for hydroxylation is 2. The Morgan fingerprint density at radius 2 is 2.20 bits per heavy atom.